The Morgan fingerprint density at radius 2 is 1.87 bits per heavy atom. The van der Waals surface area contributed by atoms with Crippen LogP contribution < -0.4 is 25.8 Å². The third-order valence-electron chi connectivity index (χ3n) is 10.2. The second-order valence-electron chi connectivity index (χ2n) is 14.2. The van der Waals surface area contributed by atoms with Gasteiger partial charge in [0.15, 0.2) is 0 Å². The first kappa shape index (κ1) is 36.8. The summed E-state index contributed by atoms with van der Waals surface area (Å²) in [6.07, 6.45) is 7.36. The highest BCUT2D eigenvalue weighted by Gasteiger charge is 2.62. The maximum atomic E-state index is 14.4. The largest absolute Gasteiger partial charge is 0.445 e. The van der Waals surface area contributed by atoms with Crippen LogP contribution in [0.5, 0.6) is 0 Å². The number of fused-ring (bicyclic) bond motifs is 11. The quantitative estimate of drug-likeness (QED) is 0.338. The summed E-state index contributed by atoms with van der Waals surface area (Å²) < 4.78 is 34.1. The van der Waals surface area contributed by atoms with E-state index in [2.05, 4.69) is 27.0 Å². The lowest BCUT2D eigenvalue weighted by Crippen LogP contribution is -2.59. The van der Waals surface area contributed by atoms with Crippen molar-refractivity contribution >= 4 is 39.5 Å². The van der Waals surface area contributed by atoms with Crippen LogP contribution in [0, 0.1) is 11.8 Å². The van der Waals surface area contributed by atoms with E-state index < -0.39 is 80.1 Å². The number of alkyl carbamates (subject to hydrolysis) is 1. The number of rotatable bonds is 8. The summed E-state index contributed by atoms with van der Waals surface area (Å²) in [5, 5.41) is 9.31. The molecule has 2 saturated carbocycles. The zero-order valence-electron chi connectivity index (χ0n) is 29.5. The Kier molecular flexibility index (Phi) is 10.3. The summed E-state index contributed by atoms with van der Waals surface area (Å²) >= 11 is 0. The number of nitrogens with zero attached hydrogens (tertiary/aromatic N) is 4. The highest BCUT2D eigenvalue weighted by atomic mass is 32.2. The molecular weight excluding hydrogens is 691 g/mol. The summed E-state index contributed by atoms with van der Waals surface area (Å²) in [6.45, 7) is 7.61. The van der Waals surface area contributed by atoms with Gasteiger partial charge in [-0.3, -0.25) is 23.9 Å². The summed E-state index contributed by atoms with van der Waals surface area (Å²) in [5.41, 5.74) is -0.331. The SMILES string of the molecule is C=CC1CC1(NC(=O)[C@@H]1C[C@@H]2CN1C(=O)[C@H](C(C)C)NC(=O)OC/C=C/CCN(C)c1cnn2c(=O)c1-c1ccccc1)C(=O)NS(=O)(=O)C1CC1. The van der Waals surface area contributed by atoms with Crippen molar-refractivity contribution in [3.63, 3.8) is 0 Å². The molecule has 3 N–H and O–H groups in total. The number of carbonyl (C=O) groups is 4. The summed E-state index contributed by atoms with van der Waals surface area (Å²) in [4.78, 5) is 72.6. The Labute approximate surface area is 302 Å². The second-order valence-corrected chi connectivity index (χ2v) is 16.2. The number of sulfonamides is 1. The van der Waals surface area contributed by atoms with E-state index in [0.29, 0.717) is 42.6 Å². The minimum atomic E-state index is -3.92. The number of aromatic nitrogens is 2. The van der Waals surface area contributed by atoms with Crippen molar-refractivity contribution in [1.29, 1.82) is 0 Å². The van der Waals surface area contributed by atoms with Gasteiger partial charge in [0.1, 0.15) is 24.2 Å². The van der Waals surface area contributed by atoms with Gasteiger partial charge >= 0.3 is 6.09 Å². The first-order chi connectivity index (χ1) is 24.8. The van der Waals surface area contributed by atoms with Gasteiger partial charge in [-0.05, 0) is 37.2 Å². The molecule has 5 atom stereocenters. The monoisotopic (exact) mass is 735 g/mol. The van der Waals surface area contributed by atoms with E-state index in [1.165, 1.54) is 15.7 Å². The van der Waals surface area contributed by atoms with Gasteiger partial charge in [0.2, 0.25) is 21.8 Å². The fourth-order valence-corrected chi connectivity index (χ4v) is 8.31. The van der Waals surface area contributed by atoms with Crippen LogP contribution in [0.3, 0.4) is 0 Å². The number of anilines is 1. The lowest BCUT2D eigenvalue weighted by atomic mass is 10.0. The average molecular weight is 736 g/mol. The number of amides is 4. The standard InChI is InChI=1S/C36H45N7O8S/c1-5-24-19-36(24,34(47)40-52(49,50)26-14-15-26)39-31(44)27-18-25-21-42(27)33(46)30(22(2)3)38-35(48)51-17-11-7-10-16-41(4)28-20-37-43(25)32(45)29(28)23-12-8-6-9-13-23/h5-9,11-13,20,22,24-27,30H,1,10,14-19,21H2,2-4H3,(H,38,48)(H,39,44)(H,40,47)/b11-7+/t24?,25-,27+,30+,36?/m1/s1. The Hall–Kier alpha value is -4.99. The number of benzene rings is 1. The predicted molar refractivity (Wildman–Crippen MR) is 192 cm³/mol. The van der Waals surface area contributed by atoms with Gasteiger partial charge in [-0.1, -0.05) is 62.4 Å². The molecular formula is C36H45N7O8S. The van der Waals surface area contributed by atoms with Gasteiger partial charge in [-0.15, -0.1) is 6.58 Å². The third kappa shape index (κ3) is 7.34. The van der Waals surface area contributed by atoms with Crippen LogP contribution in [0.2, 0.25) is 0 Å². The molecule has 52 heavy (non-hydrogen) atoms. The smallest absolute Gasteiger partial charge is 0.408 e. The van der Waals surface area contributed by atoms with Gasteiger partial charge in [-0.2, -0.15) is 5.10 Å². The fraction of sp³-hybridized carbons (Fsp3) is 0.500. The Balaban J connectivity index is 1.39. The maximum Gasteiger partial charge on any atom is 0.408 e. The van der Waals surface area contributed by atoms with Gasteiger partial charge in [-0.25, -0.2) is 17.9 Å². The molecule has 2 unspecified atom stereocenters. The molecule has 4 bridgehead atoms. The first-order valence-corrected chi connectivity index (χ1v) is 19.1. The summed E-state index contributed by atoms with van der Waals surface area (Å²) in [7, 11) is -2.07. The fourth-order valence-electron chi connectivity index (χ4n) is 6.95. The van der Waals surface area contributed by atoms with Gasteiger partial charge in [0.25, 0.3) is 11.5 Å². The number of nitrogens with one attached hydrogen (secondary N) is 3. The topological polar surface area (TPSA) is 189 Å². The molecule has 2 aliphatic carbocycles. The Bertz CT molecular complexity index is 1940. The van der Waals surface area contributed by atoms with Crippen LogP contribution >= 0.6 is 0 Å². The Morgan fingerprint density at radius 1 is 1.13 bits per heavy atom. The molecule has 0 spiro atoms. The Morgan fingerprint density at radius 3 is 2.52 bits per heavy atom. The van der Waals surface area contributed by atoms with Gasteiger partial charge in [0.05, 0.1) is 28.7 Å². The average Bonchev–Trinajstić information content (AvgIpc) is 4.04. The number of hydrogen-bond acceptors (Lipinski definition) is 10. The van der Waals surface area contributed by atoms with E-state index in [1.807, 2.05) is 48.4 Å². The van der Waals surface area contributed by atoms with Crippen molar-refractivity contribution in [1.82, 2.24) is 30.0 Å². The van der Waals surface area contributed by atoms with Gasteiger partial charge < -0.3 is 25.2 Å². The molecule has 2 aromatic rings. The van der Waals surface area contributed by atoms with E-state index in [1.54, 1.807) is 26.1 Å². The zero-order chi connectivity index (χ0) is 37.4. The van der Waals surface area contributed by atoms with Crippen molar-refractivity contribution in [2.45, 2.75) is 74.9 Å². The minimum absolute atomic E-state index is 0.0384. The molecule has 16 heteroatoms. The molecule has 1 aromatic carbocycles. The normalized spacial score (nSPS) is 27.2. The van der Waals surface area contributed by atoms with E-state index in [9.17, 15) is 32.4 Å². The predicted octanol–water partition coefficient (Wildman–Crippen LogP) is 1.87. The van der Waals surface area contributed by atoms with Crippen LogP contribution in [-0.4, -0.2) is 96.5 Å². The molecule has 5 aliphatic rings. The summed E-state index contributed by atoms with van der Waals surface area (Å²) in [6, 6.07) is 6.08. The molecule has 15 nitrogen and oxygen atoms in total. The summed E-state index contributed by atoms with van der Waals surface area (Å²) in [5.74, 6) is -3.16. The molecule has 1 saturated heterocycles. The lowest BCUT2D eigenvalue weighted by molar-refractivity contribution is -0.141. The second kappa shape index (κ2) is 14.6. The van der Waals surface area contributed by atoms with Crippen LogP contribution in [0.4, 0.5) is 10.5 Å². The van der Waals surface area contributed by atoms with Crippen molar-refractivity contribution in [3.8, 4) is 11.1 Å². The lowest BCUT2D eigenvalue weighted by Gasteiger charge is -2.31. The molecule has 278 valence electrons. The molecule has 1 aromatic heterocycles. The minimum Gasteiger partial charge on any atom is -0.445 e. The van der Waals surface area contributed by atoms with Gasteiger partial charge in [0, 0.05) is 32.5 Å². The van der Waals surface area contributed by atoms with Crippen LogP contribution in [0.25, 0.3) is 11.1 Å². The van der Waals surface area contributed by atoms with E-state index in [-0.39, 0.29) is 26.0 Å². The molecule has 3 fully saturated rings. The molecule has 4 heterocycles. The van der Waals surface area contributed by atoms with E-state index in [0.717, 1.165) is 0 Å². The molecule has 3 aliphatic heterocycles. The number of carbonyl (C=O) groups excluding carboxylic acids is 4. The van der Waals surface area contributed by atoms with Crippen molar-refractivity contribution in [2.24, 2.45) is 11.8 Å². The van der Waals surface area contributed by atoms with Crippen LogP contribution in [0.15, 0.2) is 66.1 Å². The van der Waals surface area contributed by atoms with Crippen molar-refractivity contribution in [2.75, 3.05) is 31.6 Å². The molecule has 4 amide bonds. The van der Waals surface area contributed by atoms with Crippen LogP contribution in [0.1, 0.15) is 52.0 Å². The van der Waals surface area contributed by atoms with E-state index in [4.69, 9.17) is 4.74 Å². The van der Waals surface area contributed by atoms with E-state index >= 15 is 0 Å². The zero-order valence-corrected chi connectivity index (χ0v) is 30.3. The number of hydrogen-bond donors (Lipinski definition) is 3. The van der Waals surface area contributed by atoms with Crippen LogP contribution in [-0.2, 0) is 29.1 Å². The third-order valence-corrected chi connectivity index (χ3v) is 12.0. The highest BCUT2D eigenvalue weighted by Crippen LogP contribution is 2.45. The van der Waals surface area contributed by atoms with Crippen molar-refractivity contribution in [3.05, 3.63) is 71.7 Å². The maximum absolute atomic E-state index is 14.4. The van der Waals surface area contributed by atoms with Crippen molar-refractivity contribution < 1.29 is 32.3 Å². The molecule has 0 radical (unpaired) electrons. The number of ether oxygens (including phenoxy) is 1. The highest BCUT2D eigenvalue weighted by molar-refractivity contribution is 7.91. The first-order valence-electron chi connectivity index (χ1n) is 17.5. The molecule has 7 rings (SSSR count).